The number of rotatable bonds is 5. The Labute approximate surface area is 153 Å². The van der Waals surface area contributed by atoms with Crippen LogP contribution in [0.2, 0.25) is 0 Å². The van der Waals surface area contributed by atoms with E-state index in [-0.39, 0.29) is 0 Å². The van der Waals surface area contributed by atoms with Gasteiger partial charge in [0.25, 0.3) is 0 Å². The number of nitrogens with zero attached hydrogens (tertiary/aromatic N) is 7. The quantitative estimate of drug-likeness (QED) is 0.814. The molecule has 0 spiro atoms. The predicted octanol–water partition coefficient (Wildman–Crippen LogP) is 2.21. The van der Waals surface area contributed by atoms with Crippen LogP contribution in [0.3, 0.4) is 0 Å². The van der Waals surface area contributed by atoms with Crippen LogP contribution in [0.1, 0.15) is 55.2 Å². The highest BCUT2D eigenvalue weighted by atomic mass is 32.1. The summed E-state index contributed by atoms with van der Waals surface area (Å²) in [4.78, 5) is 4.86. The fraction of sp³-hybridized carbons (Fsp3) is 0.765. The van der Waals surface area contributed by atoms with E-state index in [0.717, 1.165) is 47.8 Å². The minimum absolute atomic E-state index is 0.424. The number of aryl methyl sites for hydroxylation is 1. The topological polar surface area (TPSA) is 63.0 Å². The second kappa shape index (κ2) is 7.37. The van der Waals surface area contributed by atoms with Crippen LogP contribution in [-0.4, -0.2) is 56.0 Å². The zero-order chi connectivity index (χ0) is 17.2. The molecular formula is C17H27N7S. The number of hydrogen-bond acceptors (Lipinski definition) is 7. The molecule has 0 saturated carbocycles. The van der Waals surface area contributed by atoms with E-state index < -0.39 is 0 Å². The van der Waals surface area contributed by atoms with Gasteiger partial charge in [-0.15, -0.1) is 20.4 Å². The van der Waals surface area contributed by atoms with Crippen molar-refractivity contribution in [3.05, 3.63) is 16.7 Å². The highest BCUT2D eigenvalue weighted by Gasteiger charge is 2.28. The summed E-state index contributed by atoms with van der Waals surface area (Å²) in [5.41, 5.74) is 0. The molecule has 2 fully saturated rings. The molecule has 0 bridgehead atoms. The molecule has 2 aliphatic heterocycles. The van der Waals surface area contributed by atoms with E-state index in [1.807, 2.05) is 0 Å². The van der Waals surface area contributed by atoms with Crippen LogP contribution in [0.25, 0.3) is 0 Å². The third kappa shape index (κ3) is 3.55. The van der Waals surface area contributed by atoms with E-state index in [2.05, 4.69) is 48.7 Å². The summed E-state index contributed by atoms with van der Waals surface area (Å²) in [5.74, 6) is 2.64. The summed E-state index contributed by atoms with van der Waals surface area (Å²) < 4.78 is 2.23. The maximum absolute atomic E-state index is 4.56. The van der Waals surface area contributed by atoms with Gasteiger partial charge in [0.15, 0.2) is 0 Å². The average Bonchev–Trinajstić information content (AvgIpc) is 3.38. The minimum Gasteiger partial charge on any atom is -0.346 e. The summed E-state index contributed by atoms with van der Waals surface area (Å²) in [6.07, 6.45) is 5.91. The lowest BCUT2D eigenvalue weighted by Gasteiger charge is -2.31. The molecule has 7 nitrogen and oxygen atoms in total. The van der Waals surface area contributed by atoms with Crippen molar-refractivity contribution < 1.29 is 0 Å². The third-order valence-electron chi connectivity index (χ3n) is 5.38. The maximum atomic E-state index is 4.56. The summed E-state index contributed by atoms with van der Waals surface area (Å²) in [6, 6.07) is 0. The van der Waals surface area contributed by atoms with Crippen LogP contribution in [0.5, 0.6) is 0 Å². The van der Waals surface area contributed by atoms with Gasteiger partial charge >= 0.3 is 0 Å². The summed E-state index contributed by atoms with van der Waals surface area (Å²) >= 11 is 1.72. The Kier molecular flexibility index (Phi) is 4.98. The Morgan fingerprint density at radius 1 is 1.04 bits per heavy atom. The first-order valence-electron chi connectivity index (χ1n) is 9.42. The smallest absolute Gasteiger partial charge is 0.208 e. The largest absolute Gasteiger partial charge is 0.346 e. The second-order valence-electron chi connectivity index (χ2n) is 7.13. The van der Waals surface area contributed by atoms with Crippen LogP contribution in [0.4, 0.5) is 5.13 Å². The van der Waals surface area contributed by atoms with E-state index in [1.165, 1.54) is 38.8 Å². The molecule has 2 aliphatic rings. The third-order valence-corrected chi connectivity index (χ3v) is 6.51. The number of piperidine rings is 1. The van der Waals surface area contributed by atoms with Crippen LogP contribution in [0, 0.1) is 0 Å². The highest BCUT2D eigenvalue weighted by Crippen LogP contribution is 2.31. The van der Waals surface area contributed by atoms with Gasteiger partial charge in [-0.1, -0.05) is 18.3 Å². The van der Waals surface area contributed by atoms with Crippen molar-refractivity contribution in [1.82, 2.24) is 29.9 Å². The van der Waals surface area contributed by atoms with Crippen molar-refractivity contribution >= 4 is 16.5 Å². The monoisotopic (exact) mass is 361 g/mol. The Bertz CT molecular complexity index is 704. The van der Waals surface area contributed by atoms with Gasteiger partial charge in [-0.2, -0.15) is 0 Å². The van der Waals surface area contributed by atoms with E-state index in [4.69, 9.17) is 0 Å². The molecule has 2 aromatic heterocycles. The van der Waals surface area contributed by atoms with Crippen molar-refractivity contribution in [3.63, 3.8) is 0 Å². The molecule has 0 radical (unpaired) electrons. The molecule has 0 amide bonds. The van der Waals surface area contributed by atoms with Crippen molar-refractivity contribution in [2.24, 2.45) is 7.05 Å². The summed E-state index contributed by atoms with van der Waals surface area (Å²) in [5, 5.41) is 19.9. The normalized spacial score (nSPS) is 22.0. The summed E-state index contributed by atoms with van der Waals surface area (Å²) in [6.45, 7) is 7.47. The SMILES string of the molecule is CCc1nnc(N2CCCC(c3nnc(CN4CCCC4)n3C)C2)s1. The molecule has 25 heavy (non-hydrogen) atoms. The Hall–Kier alpha value is -1.54. The van der Waals surface area contributed by atoms with Gasteiger partial charge in [0.2, 0.25) is 5.13 Å². The molecule has 0 aromatic carbocycles. The Morgan fingerprint density at radius 2 is 1.88 bits per heavy atom. The first-order chi connectivity index (χ1) is 12.2. The maximum Gasteiger partial charge on any atom is 0.208 e. The van der Waals surface area contributed by atoms with Crippen LogP contribution in [-0.2, 0) is 20.0 Å². The van der Waals surface area contributed by atoms with Gasteiger partial charge in [0, 0.05) is 26.1 Å². The molecule has 1 atom stereocenters. The van der Waals surface area contributed by atoms with E-state index >= 15 is 0 Å². The van der Waals surface area contributed by atoms with E-state index in [1.54, 1.807) is 11.3 Å². The Morgan fingerprint density at radius 3 is 2.64 bits per heavy atom. The lowest BCUT2D eigenvalue weighted by atomic mass is 9.97. The zero-order valence-electron chi connectivity index (χ0n) is 15.2. The molecule has 2 saturated heterocycles. The highest BCUT2D eigenvalue weighted by molar-refractivity contribution is 7.15. The Balaban J connectivity index is 1.46. The molecule has 0 N–H and O–H groups in total. The summed E-state index contributed by atoms with van der Waals surface area (Å²) in [7, 11) is 2.12. The fourth-order valence-electron chi connectivity index (χ4n) is 3.89. The molecule has 2 aromatic rings. The number of anilines is 1. The van der Waals surface area contributed by atoms with Gasteiger partial charge in [0.05, 0.1) is 6.54 Å². The average molecular weight is 362 g/mol. The molecular weight excluding hydrogens is 334 g/mol. The van der Waals surface area contributed by atoms with Crippen LogP contribution in [0.15, 0.2) is 0 Å². The van der Waals surface area contributed by atoms with Gasteiger partial charge in [-0.3, -0.25) is 4.90 Å². The molecule has 4 rings (SSSR count). The van der Waals surface area contributed by atoms with E-state index in [9.17, 15) is 0 Å². The van der Waals surface area contributed by atoms with Gasteiger partial charge in [0.1, 0.15) is 16.7 Å². The van der Waals surface area contributed by atoms with Crippen molar-refractivity contribution in [2.45, 2.75) is 51.5 Å². The van der Waals surface area contributed by atoms with Crippen molar-refractivity contribution in [3.8, 4) is 0 Å². The fourth-order valence-corrected chi connectivity index (χ4v) is 4.70. The molecule has 8 heteroatoms. The molecule has 136 valence electrons. The van der Waals surface area contributed by atoms with Crippen LogP contribution >= 0.6 is 11.3 Å². The van der Waals surface area contributed by atoms with E-state index in [0.29, 0.717) is 5.92 Å². The van der Waals surface area contributed by atoms with Crippen molar-refractivity contribution in [1.29, 1.82) is 0 Å². The lowest BCUT2D eigenvalue weighted by molar-refractivity contribution is 0.317. The van der Waals surface area contributed by atoms with Gasteiger partial charge < -0.3 is 9.47 Å². The van der Waals surface area contributed by atoms with Crippen molar-refractivity contribution in [2.75, 3.05) is 31.1 Å². The van der Waals surface area contributed by atoms with Crippen LogP contribution < -0.4 is 4.90 Å². The van der Waals surface area contributed by atoms with Gasteiger partial charge in [-0.25, -0.2) is 0 Å². The molecule has 0 aliphatic carbocycles. The lowest BCUT2D eigenvalue weighted by Crippen LogP contribution is -2.35. The standard InChI is InChI=1S/C17H27N7S/c1-3-15-19-21-17(25-15)24-10-6-7-13(11-24)16-20-18-14(22(16)2)12-23-8-4-5-9-23/h13H,3-12H2,1-2H3. The predicted molar refractivity (Wildman–Crippen MR) is 99.0 cm³/mol. The first-order valence-corrected chi connectivity index (χ1v) is 10.2. The molecule has 4 heterocycles. The second-order valence-corrected chi connectivity index (χ2v) is 8.17. The molecule has 1 unspecified atom stereocenters. The number of hydrogen-bond donors (Lipinski definition) is 0. The number of likely N-dealkylation sites (tertiary alicyclic amines) is 1. The number of aromatic nitrogens is 5. The minimum atomic E-state index is 0.424. The zero-order valence-corrected chi connectivity index (χ0v) is 16.0. The first kappa shape index (κ1) is 16.9. The van der Waals surface area contributed by atoms with Gasteiger partial charge in [-0.05, 0) is 45.2 Å².